The van der Waals surface area contributed by atoms with Crippen LogP contribution in [0.15, 0.2) is 0 Å². The molecule has 0 aliphatic heterocycles. The van der Waals surface area contributed by atoms with Crippen LogP contribution >= 0.6 is 0 Å². The molecule has 9 heavy (non-hydrogen) atoms. The highest BCUT2D eigenvalue weighted by atomic mass is 28.3. The molecule has 0 aliphatic rings. The van der Waals surface area contributed by atoms with Crippen molar-refractivity contribution < 1.29 is 0 Å². The van der Waals surface area contributed by atoms with E-state index in [4.69, 9.17) is 10.5 Å². The summed E-state index contributed by atoms with van der Waals surface area (Å²) in [5, 5.41) is 16.7. The molecule has 0 aliphatic carbocycles. The van der Waals surface area contributed by atoms with Crippen molar-refractivity contribution >= 4 is 8.24 Å². The summed E-state index contributed by atoms with van der Waals surface area (Å²) in [7, 11) is -1.68. The molecule has 4 heteroatoms. The molecule has 0 spiro atoms. The fourth-order valence-corrected chi connectivity index (χ4v) is 0.922. The van der Waals surface area contributed by atoms with E-state index < -0.39 is 8.24 Å². The molecule has 0 radical (unpaired) electrons. The van der Waals surface area contributed by atoms with E-state index in [0.29, 0.717) is 0 Å². The first kappa shape index (κ1) is 8.00. The van der Waals surface area contributed by atoms with Gasteiger partial charge in [-0.15, -0.1) is 0 Å². The number of nitriles is 2. The first-order chi connectivity index (χ1) is 4.02. The summed E-state index contributed by atoms with van der Waals surface area (Å²) in [6.07, 6.45) is 3.65. The maximum Gasteiger partial charge on any atom is 0.184 e. The van der Waals surface area contributed by atoms with Gasteiger partial charge in [-0.1, -0.05) is 0 Å². The number of nitrogens with zero attached hydrogens (tertiary/aromatic N) is 3. The van der Waals surface area contributed by atoms with E-state index in [9.17, 15) is 0 Å². The standard InChI is InChI=1S/C5H9N3Si/c1-9(2,3)8(4-6)5-7/h1-3H3. The van der Waals surface area contributed by atoms with Crippen LogP contribution < -0.4 is 0 Å². The largest absolute Gasteiger partial charge is 0.247 e. The Morgan fingerprint density at radius 3 is 1.44 bits per heavy atom. The lowest BCUT2D eigenvalue weighted by molar-refractivity contribution is 0.807. The molecular formula is C5H9N3Si. The number of hydrogen-bond acceptors (Lipinski definition) is 3. The second-order valence-corrected chi connectivity index (χ2v) is 7.50. The Bertz CT molecular complexity index is 154. The van der Waals surface area contributed by atoms with Gasteiger partial charge >= 0.3 is 0 Å². The van der Waals surface area contributed by atoms with Crippen molar-refractivity contribution in [2.24, 2.45) is 0 Å². The molecule has 3 nitrogen and oxygen atoms in total. The van der Waals surface area contributed by atoms with Crippen molar-refractivity contribution in [2.75, 3.05) is 0 Å². The zero-order valence-corrected chi connectivity index (χ0v) is 6.84. The van der Waals surface area contributed by atoms with E-state index in [1.54, 1.807) is 0 Å². The van der Waals surface area contributed by atoms with Crippen LogP contribution in [-0.2, 0) is 0 Å². The highest BCUT2D eigenvalue weighted by Crippen LogP contribution is 2.04. The van der Waals surface area contributed by atoms with Crippen molar-refractivity contribution in [3.63, 3.8) is 0 Å². The molecule has 0 aromatic rings. The molecule has 0 aromatic carbocycles. The number of hydrogen-bond donors (Lipinski definition) is 0. The molecule has 0 atom stereocenters. The molecule has 0 rings (SSSR count). The molecule has 0 saturated carbocycles. The first-order valence-corrected chi connectivity index (χ1v) is 6.07. The third-order valence-corrected chi connectivity index (χ3v) is 2.41. The minimum absolute atomic E-state index is 1.19. The zero-order chi connectivity index (χ0) is 7.49. The number of rotatable bonds is 1. The summed E-state index contributed by atoms with van der Waals surface area (Å²) in [5.74, 6) is 0. The fraction of sp³-hybridized carbons (Fsp3) is 0.600. The van der Waals surface area contributed by atoms with Crippen LogP contribution in [0.1, 0.15) is 0 Å². The van der Waals surface area contributed by atoms with E-state index in [2.05, 4.69) is 0 Å². The molecule has 48 valence electrons. The van der Waals surface area contributed by atoms with Gasteiger partial charge in [0.05, 0.1) is 0 Å². The van der Waals surface area contributed by atoms with E-state index in [-0.39, 0.29) is 0 Å². The third-order valence-electron chi connectivity index (χ3n) is 0.871. The molecule has 0 fully saturated rings. The Morgan fingerprint density at radius 1 is 1.11 bits per heavy atom. The van der Waals surface area contributed by atoms with E-state index in [0.717, 1.165) is 0 Å². The summed E-state index contributed by atoms with van der Waals surface area (Å²) in [6.45, 7) is 5.83. The van der Waals surface area contributed by atoms with Crippen LogP contribution in [0.25, 0.3) is 0 Å². The summed E-state index contributed by atoms with van der Waals surface area (Å²) in [6, 6.07) is 0. The van der Waals surface area contributed by atoms with E-state index in [1.807, 2.05) is 32.0 Å². The van der Waals surface area contributed by atoms with Crippen molar-refractivity contribution in [1.29, 1.82) is 10.5 Å². The minimum atomic E-state index is -1.68. The summed E-state index contributed by atoms with van der Waals surface area (Å²) in [5.41, 5.74) is 0. The lowest BCUT2D eigenvalue weighted by Crippen LogP contribution is -2.38. The lowest BCUT2D eigenvalue weighted by atomic mass is 11.2. The molecule has 0 N–H and O–H groups in total. The average molecular weight is 139 g/mol. The molecule has 0 bridgehead atoms. The van der Waals surface area contributed by atoms with Crippen molar-refractivity contribution in [1.82, 2.24) is 4.57 Å². The van der Waals surface area contributed by atoms with Crippen LogP contribution in [0.5, 0.6) is 0 Å². The maximum absolute atomic E-state index is 8.35. The van der Waals surface area contributed by atoms with Gasteiger partial charge in [-0.05, 0) is 19.6 Å². The van der Waals surface area contributed by atoms with Crippen molar-refractivity contribution in [3.05, 3.63) is 0 Å². The Kier molecular flexibility index (Phi) is 2.24. The highest BCUT2D eigenvalue weighted by Gasteiger charge is 2.22. The lowest BCUT2D eigenvalue weighted by Gasteiger charge is -2.19. The van der Waals surface area contributed by atoms with Crippen molar-refractivity contribution in [2.45, 2.75) is 19.6 Å². The van der Waals surface area contributed by atoms with Gasteiger partial charge in [0.25, 0.3) is 0 Å². The molecule has 0 aromatic heterocycles. The van der Waals surface area contributed by atoms with Crippen LogP contribution in [0.3, 0.4) is 0 Å². The van der Waals surface area contributed by atoms with Crippen LogP contribution in [0.4, 0.5) is 0 Å². The van der Waals surface area contributed by atoms with E-state index in [1.165, 1.54) is 4.57 Å². The quantitative estimate of drug-likeness (QED) is 0.310. The van der Waals surface area contributed by atoms with Gasteiger partial charge in [-0.3, -0.25) is 0 Å². The second kappa shape index (κ2) is 2.52. The first-order valence-electron chi connectivity index (χ1n) is 2.62. The average Bonchev–Trinajstić information content (AvgIpc) is 1.65. The Balaban J connectivity index is 4.23. The van der Waals surface area contributed by atoms with Gasteiger partial charge < -0.3 is 0 Å². The van der Waals surface area contributed by atoms with Gasteiger partial charge in [0.2, 0.25) is 0 Å². The van der Waals surface area contributed by atoms with Gasteiger partial charge in [-0.2, -0.15) is 10.5 Å². The Hall–Kier alpha value is -1.00. The highest BCUT2D eigenvalue weighted by molar-refractivity contribution is 6.74. The van der Waals surface area contributed by atoms with Crippen LogP contribution in [0.2, 0.25) is 19.6 Å². The van der Waals surface area contributed by atoms with E-state index >= 15 is 0 Å². The smallest absolute Gasteiger partial charge is 0.184 e. The zero-order valence-electron chi connectivity index (χ0n) is 5.84. The third kappa shape index (κ3) is 2.16. The molecular weight excluding hydrogens is 130 g/mol. The summed E-state index contributed by atoms with van der Waals surface area (Å²) >= 11 is 0. The normalized spacial score (nSPS) is 9.44. The Morgan fingerprint density at radius 2 is 1.44 bits per heavy atom. The molecule has 0 unspecified atom stereocenters. The fourth-order valence-electron chi connectivity index (χ4n) is 0.322. The topological polar surface area (TPSA) is 50.8 Å². The van der Waals surface area contributed by atoms with Crippen LogP contribution in [0, 0.1) is 22.9 Å². The Labute approximate surface area is 56.2 Å². The SMILES string of the molecule is C[Si](C)(C)N(C#N)C#N. The van der Waals surface area contributed by atoms with Gasteiger partial charge in [0, 0.05) is 0 Å². The van der Waals surface area contributed by atoms with Crippen molar-refractivity contribution in [3.8, 4) is 12.4 Å². The van der Waals surface area contributed by atoms with Gasteiger partial charge in [0.1, 0.15) is 0 Å². The second-order valence-electron chi connectivity index (χ2n) is 2.71. The maximum atomic E-state index is 8.35. The molecule has 0 saturated heterocycles. The van der Waals surface area contributed by atoms with Gasteiger partial charge in [-0.25, -0.2) is 4.57 Å². The summed E-state index contributed by atoms with van der Waals surface area (Å²) in [4.78, 5) is 0. The predicted octanol–water partition coefficient (Wildman–Crippen LogP) is 1.09. The van der Waals surface area contributed by atoms with Crippen LogP contribution in [-0.4, -0.2) is 12.8 Å². The predicted molar refractivity (Wildman–Crippen MR) is 36.4 cm³/mol. The summed E-state index contributed by atoms with van der Waals surface area (Å²) < 4.78 is 1.19. The monoisotopic (exact) mass is 139 g/mol. The molecule has 0 amide bonds. The van der Waals surface area contributed by atoms with Gasteiger partial charge in [0.15, 0.2) is 20.6 Å². The molecule has 0 heterocycles. The minimum Gasteiger partial charge on any atom is -0.247 e.